The van der Waals surface area contributed by atoms with E-state index in [0.29, 0.717) is 5.92 Å². The average molecular weight is 245 g/mol. The second-order valence-corrected chi connectivity index (χ2v) is 4.39. The van der Waals surface area contributed by atoms with E-state index in [2.05, 4.69) is 4.98 Å². The van der Waals surface area contributed by atoms with Gasteiger partial charge in [-0.15, -0.1) is 0 Å². The molecular weight excluding hydrogens is 232 g/mol. The molecule has 0 radical (unpaired) electrons. The molecule has 1 fully saturated rings. The van der Waals surface area contributed by atoms with Crippen LogP contribution in [0.15, 0.2) is 4.42 Å². The van der Waals surface area contributed by atoms with Crippen LogP contribution < -0.4 is 0 Å². The smallest absolute Gasteiger partial charge is 0.374 e. The lowest BCUT2D eigenvalue weighted by Gasteiger charge is -2.09. The van der Waals surface area contributed by atoms with Crippen LogP contribution >= 0.6 is 0 Å². The summed E-state index contributed by atoms with van der Waals surface area (Å²) in [6.45, 7) is 1.99. The van der Waals surface area contributed by atoms with E-state index in [9.17, 15) is 13.6 Å². The van der Waals surface area contributed by atoms with Crippen LogP contribution in [0.1, 0.15) is 60.7 Å². The number of carbonyl (C=O) groups is 1. The first-order valence-corrected chi connectivity index (χ1v) is 5.52. The van der Waals surface area contributed by atoms with Crippen LogP contribution in [0.3, 0.4) is 0 Å². The Morgan fingerprint density at radius 1 is 1.53 bits per heavy atom. The molecule has 1 N–H and O–H groups in total. The first-order chi connectivity index (χ1) is 8.00. The second-order valence-electron chi connectivity index (χ2n) is 4.39. The van der Waals surface area contributed by atoms with Crippen molar-refractivity contribution in [3.8, 4) is 0 Å². The standard InChI is InChI=1S/C11H13F2NO3/c1-5-3-2-4-6(5)10-14-7(9(12)13)8(17-10)11(15)16/h5-6,9H,2-4H2,1H3,(H,15,16). The average Bonchev–Trinajstić information content (AvgIpc) is 2.82. The fourth-order valence-electron chi connectivity index (χ4n) is 2.32. The van der Waals surface area contributed by atoms with E-state index in [1.165, 1.54) is 0 Å². The Morgan fingerprint density at radius 2 is 2.24 bits per heavy atom. The molecule has 2 atom stereocenters. The summed E-state index contributed by atoms with van der Waals surface area (Å²) in [5, 5.41) is 8.77. The van der Waals surface area contributed by atoms with Gasteiger partial charge < -0.3 is 9.52 Å². The van der Waals surface area contributed by atoms with Crippen LogP contribution in [-0.2, 0) is 0 Å². The fraction of sp³-hybridized carbons (Fsp3) is 0.636. The number of rotatable bonds is 3. The van der Waals surface area contributed by atoms with E-state index >= 15 is 0 Å². The lowest BCUT2D eigenvalue weighted by Crippen LogP contribution is -2.02. The van der Waals surface area contributed by atoms with Crippen LogP contribution in [0.5, 0.6) is 0 Å². The summed E-state index contributed by atoms with van der Waals surface area (Å²) in [7, 11) is 0. The molecule has 1 saturated carbocycles. The van der Waals surface area contributed by atoms with Gasteiger partial charge in [0.1, 0.15) is 0 Å². The number of hydrogen-bond donors (Lipinski definition) is 1. The van der Waals surface area contributed by atoms with E-state index in [0.717, 1.165) is 19.3 Å². The van der Waals surface area contributed by atoms with Gasteiger partial charge in [-0.1, -0.05) is 13.3 Å². The maximum Gasteiger partial charge on any atom is 0.374 e. The molecule has 1 heterocycles. The summed E-state index contributed by atoms with van der Waals surface area (Å²) in [5.74, 6) is -1.83. The van der Waals surface area contributed by atoms with Crippen molar-refractivity contribution in [3.63, 3.8) is 0 Å². The molecule has 2 rings (SSSR count). The van der Waals surface area contributed by atoms with Gasteiger partial charge in [0.25, 0.3) is 6.43 Å². The second kappa shape index (κ2) is 4.43. The van der Waals surface area contributed by atoms with Crippen molar-refractivity contribution in [1.29, 1.82) is 0 Å². The van der Waals surface area contributed by atoms with E-state index in [1.54, 1.807) is 0 Å². The van der Waals surface area contributed by atoms with Gasteiger partial charge in [-0.25, -0.2) is 18.6 Å². The molecule has 0 spiro atoms. The minimum Gasteiger partial charge on any atom is -0.475 e. The summed E-state index contributed by atoms with van der Waals surface area (Å²) in [5.41, 5.74) is -0.758. The lowest BCUT2D eigenvalue weighted by molar-refractivity contribution is 0.0643. The van der Waals surface area contributed by atoms with Crippen molar-refractivity contribution in [1.82, 2.24) is 4.98 Å². The number of nitrogens with zero attached hydrogens (tertiary/aromatic N) is 1. The zero-order valence-electron chi connectivity index (χ0n) is 9.32. The third-order valence-corrected chi connectivity index (χ3v) is 3.25. The number of carboxylic acid groups (broad SMARTS) is 1. The Bertz CT molecular complexity index is 430. The first-order valence-electron chi connectivity index (χ1n) is 5.52. The molecule has 6 heteroatoms. The normalized spacial score (nSPS) is 24.5. The largest absolute Gasteiger partial charge is 0.475 e. The predicted molar refractivity (Wildman–Crippen MR) is 54.2 cm³/mol. The van der Waals surface area contributed by atoms with Crippen LogP contribution in [-0.4, -0.2) is 16.1 Å². The van der Waals surface area contributed by atoms with Crippen LogP contribution in [0.2, 0.25) is 0 Å². The number of carboxylic acids is 1. The summed E-state index contributed by atoms with van der Waals surface area (Å²) in [6.07, 6.45) is -0.140. The summed E-state index contributed by atoms with van der Waals surface area (Å²) in [6, 6.07) is 0. The first kappa shape index (κ1) is 12.0. The van der Waals surface area contributed by atoms with E-state index in [-0.39, 0.29) is 11.8 Å². The molecule has 1 aromatic heterocycles. The Morgan fingerprint density at radius 3 is 2.65 bits per heavy atom. The third kappa shape index (κ3) is 2.16. The third-order valence-electron chi connectivity index (χ3n) is 3.25. The van der Waals surface area contributed by atoms with Crippen molar-refractivity contribution in [2.24, 2.45) is 5.92 Å². The van der Waals surface area contributed by atoms with Crippen LogP contribution in [0.25, 0.3) is 0 Å². The number of oxazole rings is 1. The number of aromatic carboxylic acids is 1. The fourth-order valence-corrected chi connectivity index (χ4v) is 2.32. The predicted octanol–water partition coefficient (Wildman–Crippen LogP) is 3.21. The highest BCUT2D eigenvalue weighted by Gasteiger charge is 2.33. The van der Waals surface area contributed by atoms with Gasteiger partial charge in [-0.2, -0.15) is 0 Å². The zero-order valence-corrected chi connectivity index (χ0v) is 9.32. The van der Waals surface area contributed by atoms with E-state index in [1.807, 2.05) is 6.92 Å². The number of hydrogen-bond acceptors (Lipinski definition) is 3. The minimum atomic E-state index is -2.92. The Balaban J connectivity index is 2.36. The van der Waals surface area contributed by atoms with Crippen molar-refractivity contribution in [3.05, 3.63) is 17.3 Å². The quantitative estimate of drug-likeness (QED) is 0.888. The van der Waals surface area contributed by atoms with Gasteiger partial charge in [0, 0.05) is 5.92 Å². The Hall–Kier alpha value is -1.46. The molecule has 0 amide bonds. The summed E-state index contributed by atoms with van der Waals surface area (Å²) < 4.78 is 30.2. The summed E-state index contributed by atoms with van der Waals surface area (Å²) >= 11 is 0. The zero-order chi connectivity index (χ0) is 12.6. The highest BCUT2D eigenvalue weighted by Crippen LogP contribution is 2.40. The van der Waals surface area contributed by atoms with Gasteiger partial charge in [0.05, 0.1) is 0 Å². The molecule has 0 aromatic carbocycles. The van der Waals surface area contributed by atoms with Gasteiger partial charge in [0.15, 0.2) is 11.6 Å². The van der Waals surface area contributed by atoms with Crippen LogP contribution in [0, 0.1) is 5.92 Å². The number of halogens is 2. The SMILES string of the molecule is CC1CCCC1c1nc(C(F)F)c(C(=O)O)o1. The lowest BCUT2D eigenvalue weighted by atomic mass is 9.98. The molecular formula is C11H13F2NO3. The van der Waals surface area contributed by atoms with Crippen molar-refractivity contribution < 1.29 is 23.1 Å². The molecule has 1 aliphatic carbocycles. The molecule has 94 valence electrons. The Kier molecular flexibility index (Phi) is 3.13. The van der Waals surface area contributed by atoms with Crippen LogP contribution in [0.4, 0.5) is 8.78 Å². The van der Waals surface area contributed by atoms with Crippen molar-refractivity contribution in [2.75, 3.05) is 0 Å². The topological polar surface area (TPSA) is 63.3 Å². The van der Waals surface area contributed by atoms with Gasteiger partial charge in [-0.3, -0.25) is 0 Å². The van der Waals surface area contributed by atoms with E-state index < -0.39 is 23.8 Å². The maximum atomic E-state index is 12.6. The van der Waals surface area contributed by atoms with Gasteiger partial charge in [-0.05, 0) is 18.8 Å². The minimum absolute atomic E-state index is 0.0411. The molecule has 0 bridgehead atoms. The number of aromatic nitrogens is 1. The highest BCUT2D eigenvalue weighted by atomic mass is 19.3. The van der Waals surface area contributed by atoms with Gasteiger partial charge in [0.2, 0.25) is 5.76 Å². The molecule has 1 aliphatic rings. The highest BCUT2D eigenvalue weighted by molar-refractivity contribution is 5.85. The van der Waals surface area contributed by atoms with E-state index in [4.69, 9.17) is 9.52 Å². The monoisotopic (exact) mass is 245 g/mol. The molecule has 0 saturated heterocycles. The van der Waals surface area contributed by atoms with Crippen molar-refractivity contribution in [2.45, 2.75) is 38.5 Å². The molecule has 1 aromatic rings. The molecule has 0 aliphatic heterocycles. The maximum absolute atomic E-state index is 12.6. The van der Waals surface area contributed by atoms with Gasteiger partial charge >= 0.3 is 5.97 Å². The molecule has 17 heavy (non-hydrogen) atoms. The Labute approximate surface area is 96.6 Å². The molecule has 2 unspecified atom stereocenters. The molecule has 4 nitrogen and oxygen atoms in total. The van der Waals surface area contributed by atoms with Crippen molar-refractivity contribution >= 4 is 5.97 Å². The summed E-state index contributed by atoms with van der Waals surface area (Å²) in [4.78, 5) is 14.4. The number of alkyl halides is 2.